The van der Waals surface area contributed by atoms with Gasteiger partial charge >= 0.3 is 11.9 Å². The lowest BCUT2D eigenvalue weighted by Crippen LogP contribution is -2.13. The van der Waals surface area contributed by atoms with E-state index in [1.807, 2.05) is 28.7 Å². The predicted octanol–water partition coefficient (Wildman–Crippen LogP) is 2.78. The minimum absolute atomic E-state index is 0.300. The van der Waals surface area contributed by atoms with Gasteiger partial charge in [0.15, 0.2) is 5.69 Å². The van der Waals surface area contributed by atoms with Gasteiger partial charge in [-0.2, -0.15) is 0 Å². The zero-order valence-electron chi connectivity index (χ0n) is 10.4. The number of carbonyl (C=O) groups is 2. The lowest BCUT2D eigenvalue weighted by Gasteiger charge is -2.09. The first-order valence-electron chi connectivity index (χ1n) is 5.84. The Morgan fingerprint density at radius 2 is 1.81 bits per heavy atom. The maximum Gasteiger partial charge on any atom is 0.355 e. The maximum atomic E-state index is 11.3. The van der Waals surface area contributed by atoms with Crippen LogP contribution in [0.5, 0.6) is 0 Å². The summed E-state index contributed by atoms with van der Waals surface area (Å²) < 4.78 is 0.343. The molecule has 0 amide bonds. The third-order valence-corrected chi connectivity index (χ3v) is 4.20. The van der Waals surface area contributed by atoms with Gasteiger partial charge in [0.1, 0.15) is 5.56 Å². The summed E-state index contributed by atoms with van der Waals surface area (Å²) in [5.74, 6) is -2.69. The topological polar surface area (TPSA) is 100 Å². The zero-order chi connectivity index (χ0) is 15.1. The molecule has 0 aliphatic carbocycles. The van der Waals surface area contributed by atoms with E-state index in [0.717, 1.165) is 5.39 Å². The number of carboxylic acid groups (broad SMARTS) is 2. The number of benzene rings is 1. The summed E-state index contributed by atoms with van der Waals surface area (Å²) in [6, 6.07) is 7.14. The second-order valence-corrected chi connectivity index (χ2v) is 5.38. The minimum Gasteiger partial charge on any atom is -0.478 e. The fourth-order valence-corrected chi connectivity index (χ4v) is 3.10. The summed E-state index contributed by atoms with van der Waals surface area (Å²) in [5.41, 5.74) is 0.163. The fraction of sp³-hybridized carbons (Fsp3) is 0. The number of aromatic carboxylic acids is 2. The molecule has 2 N–H and O–H groups in total. The van der Waals surface area contributed by atoms with E-state index >= 15 is 0 Å². The molecule has 0 fully saturated rings. The number of carboxylic acids is 2. The van der Waals surface area contributed by atoms with Gasteiger partial charge in [-0.15, -0.1) is 0 Å². The second-order valence-electron chi connectivity index (χ2n) is 4.30. The van der Waals surface area contributed by atoms with Crippen LogP contribution in [0.15, 0.2) is 30.5 Å². The van der Waals surface area contributed by atoms with Crippen molar-refractivity contribution in [1.29, 1.82) is 0 Å². The van der Waals surface area contributed by atoms with Gasteiger partial charge in [-0.1, -0.05) is 18.2 Å². The molecule has 7 heteroatoms. The van der Waals surface area contributed by atoms with E-state index in [2.05, 4.69) is 9.97 Å². The van der Waals surface area contributed by atoms with Crippen LogP contribution in [0.3, 0.4) is 0 Å². The van der Waals surface area contributed by atoms with Crippen LogP contribution in [-0.4, -0.2) is 32.1 Å². The summed E-state index contributed by atoms with van der Waals surface area (Å²) in [7, 11) is 0. The lowest BCUT2D eigenvalue weighted by molar-refractivity contribution is 0.0646. The molecule has 104 valence electrons. The highest BCUT2D eigenvalue weighted by atomic mass is 127. The number of pyridine rings is 2. The standard InChI is InChI=1S/C14H7IN2O4/c15-9-7-4-3-6-2-1-5-16-10(6)11(7)17-12(14(20)21)8(9)13(18)19/h1-5H,(H,18,19)(H,20,21). The Hall–Kier alpha value is -2.29. The molecule has 21 heavy (non-hydrogen) atoms. The van der Waals surface area contributed by atoms with Crippen molar-refractivity contribution in [2.45, 2.75) is 0 Å². The molecule has 0 atom stereocenters. The van der Waals surface area contributed by atoms with E-state index in [9.17, 15) is 19.8 Å². The van der Waals surface area contributed by atoms with Crippen molar-refractivity contribution in [2.75, 3.05) is 0 Å². The van der Waals surface area contributed by atoms with E-state index in [1.165, 1.54) is 0 Å². The zero-order valence-corrected chi connectivity index (χ0v) is 12.5. The van der Waals surface area contributed by atoms with Crippen LogP contribution in [0, 0.1) is 3.57 Å². The van der Waals surface area contributed by atoms with Gasteiger partial charge < -0.3 is 10.2 Å². The first-order chi connectivity index (χ1) is 10.0. The molecule has 0 aliphatic rings. The number of aromatic nitrogens is 2. The molecule has 0 saturated heterocycles. The van der Waals surface area contributed by atoms with E-state index in [0.29, 0.717) is 20.0 Å². The molecule has 0 radical (unpaired) electrons. The number of rotatable bonds is 2. The predicted molar refractivity (Wildman–Crippen MR) is 83.7 cm³/mol. The molecule has 0 bridgehead atoms. The van der Waals surface area contributed by atoms with Gasteiger partial charge in [0, 0.05) is 20.5 Å². The molecule has 0 aliphatic heterocycles. The molecule has 2 aromatic heterocycles. The quantitative estimate of drug-likeness (QED) is 0.512. The van der Waals surface area contributed by atoms with E-state index < -0.39 is 17.6 Å². The fourth-order valence-electron chi connectivity index (χ4n) is 2.18. The number of hydrogen-bond acceptors (Lipinski definition) is 4. The van der Waals surface area contributed by atoms with Crippen LogP contribution >= 0.6 is 22.6 Å². The smallest absolute Gasteiger partial charge is 0.355 e. The lowest BCUT2D eigenvalue weighted by atomic mass is 10.1. The van der Waals surface area contributed by atoms with Gasteiger partial charge in [0.25, 0.3) is 0 Å². The molecule has 0 saturated carbocycles. The maximum absolute atomic E-state index is 11.3. The van der Waals surface area contributed by atoms with Gasteiger partial charge in [0.2, 0.25) is 0 Å². The number of halogens is 1. The Bertz CT molecular complexity index is 924. The van der Waals surface area contributed by atoms with Crippen LogP contribution < -0.4 is 0 Å². The van der Waals surface area contributed by atoms with Gasteiger partial charge in [-0.25, -0.2) is 14.6 Å². The average molecular weight is 394 g/mol. The molecular weight excluding hydrogens is 387 g/mol. The monoisotopic (exact) mass is 394 g/mol. The highest BCUT2D eigenvalue weighted by Crippen LogP contribution is 2.29. The third kappa shape index (κ3) is 2.09. The van der Waals surface area contributed by atoms with E-state index in [1.54, 1.807) is 24.4 Å². The van der Waals surface area contributed by atoms with E-state index in [-0.39, 0.29) is 5.56 Å². The van der Waals surface area contributed by atoms with Crippen LogP contribution in [0.1, 0.15) is 20.8 Å². The Morgan fingerprint density at radius 3 is 2.48 bits per heavy atom. The summed E-state index contributed by atoms with van der Waals surface area (Å²) in [6.07, 6.45) is 1.59. The van der Waals surface area contributed by atoms with Crippen molar-refractivity contribution in [3.05, 3.63) is 45.3 Å². The molecular formula is C14H7IN2O4. The third-order valence-electron chi connectivity index (χ3n) is 3.08. The summed E-state index contributed by atoms with van der Waals surface area (Å²) in [6.45, 7) is 0. The van der Waals surface area contributed by atoms with Crippen molar-refractivity contribution >= 4 is 56.3 Å². The van der Waals surface area contributed by atoms with Crippen LogP contribution in [-0.2, 0) is 0 Å². The highest BCUT2D eigenvalue weighted by molar-refractivity contribution is 14.1. The van der Waals surface area contributed by atoms with Crippen molar-refractivity contribution in [1.82, 2.24) is 9.97 Å². The van der Waals surface area contributed by atoms with Crippen molar-refractivity contribution in [3.8, 4) is 0 Å². The van der Waals surface area contributed by atoms with E-state index in [4.69, 9.17) is 0 Å². The normalized spacial score (nSPS) is 10.9. The largest absolute Gasteiger partial charge is 0.478 e. The van der Waals surface area contributed by atoms with Crippen molar-refractivity contribution in [2.24, 2.45) is 0 Å². The SMILES string of the molecule is O=C(O)c1nc2c(ccc3cccnc32)c(I)c1C(=O)O. The molecule has 6 nitrogen and oxygen atoms in total. The number of hydrogen-bond donors (Lipinski definition) is 2. The molecule has 3 aromatic rings. The van der Waals surface area contributed by atoms with Gasteiger partial charge in [-0.05, 0) is 28.7 Å². The Balaban J connectivity index is 2.56. The van der Waals surface area contributed by atoms with Crippen LogP contribution in [0.4, 0.5) is 0 Å². The van der Waals surface area contributed by atoms with Crippen molar-refractivity contribution < 1.29 is 19.8 Å². The number of fused-ring (bicyclic) bond motifs is 3. The summed E-state index contributed by atoms with van der Waals surface area (Å²) in [4.78, 5) is 30.9. The van der Waals surface area contributed by atoms with Gasteiger partial charge in [0.05, 0.1) is 11.0 Å². The molecule has 2 heterocycles. The summed E-state index contributed by atoms with van der Waals surface area (Å²) >= 11 is 1.83. The second kappa shape index (κ2) is 4.92. The molecule has 0 unspecified atom stereocenters. The average Bonchev–Trinajstić information content (AvgIpc) is 2.46. The highest BCUT2D eigenvalue weighted by Gasteiger charge is 2.24. The molecule has 0 spiro atoms. The summed E-state index contributed by atoms with van der Waals surface area (Å²) in [5, 5.41) is 19.9. The Kier molecular flexibility index (Phi) is 3.20. The molecule has 1 aromatic carbocycles. The number of nitrogens with zero attached hydrogens (tertiary/aromatic N) is 2. The van der Waals surface area contributed by atoms with Crippen LogP contribution in [0.2, 0.25) is 0 Å². The van der Waals surface area contributed by atoms with Crippen molar-refractivity contribution in [3.63, 3.8) is 0 Å². The first kappa shape index (κ1) is 13.7. The first-order valence-corrected chi connectivity index (χ1v) is 6.92. The van der Waals surface area contributed by atoms with Gasteiger partial charge in [-0.3, -0.25) is 4.98 Å². The Labute approximate surface area is 131 Å². The molecule has 3 rings (SSSR count). The van der Waals surface area contributed by atoms with Crippen LogP contribution in [0.25, 0.3) is 21.8 Å². The minimum atomic E-state index is -1.37. The Morgan fingerprint density at radius 1 is 1.05 bits per heavy atom.